The molecule has 0 spiro atoms. The van der Waals surface area contributed by atoms with Gasteiger partial charge in [-0.2, -0.15) is 4.31 Å². The maximum absolute atomic E-state index is 12.8. The highest BCUT2D eigenvalue weighted by Crippen LogP contribution is 2.36. The average molecular weight is 488 g/mol. The van der Waals surface area contributed by atoms with Crippen LogP contribution in [0, 0.1) is 0 Å². The molecule has 0 aliphatic carbocycles. The minimum absolute atomic E-state index is 0.210. The summed E-state index contributed by atoms with van der Waals surface area (Å²) in [5.74, 6) is 0.289. The number of rotatable bonds is 6. The second-order valence-corrected chi connectivity index (χ2v) is 11.2. The molecule has 174 valence electrons. The third kappa shape index (κ3) is 4.30. The number of piperidine rings is 1. The van der Waals surface area contributed by atoms with Crippen LogP contribution in [0.1, 0.15) is 29.6 Å². The van der Waals surface area contributed by atoms with E-state index in [9.17, 15) is 13.2 Å². The number of carbonyl (C=O) groups is 1. The molecule has 8 nitrogen and oxygen atoms in total. The van der Waals surface area contributed by atoms with Gasteiger partial charge in [0.15, 0.2) is 5.13 Å². The van der Waals surface area contributed by atoms with Gasteiger partial charge in [-0.25, -0.2) is 18.2 Å². The largest absolute Gasteiger partial charge is 0.494 e. The number of para-hydroxylation sites is 1. The predicted octanol–water partition coefficient (Wildman–Crippen LogP) is 3.53. The summed E-state index contributed by atoms with van der Waals surface area (Å²) in [6.07, 6.45) is 2.59. The molecule has 5 rings (SSSR count). The normalized spacial score (nSPS) is 17.7. The number of nitrogens with zero attached hydrogens (tertiary/aromatic N) is 3. The van der Waals surface area contributed by atoms with Gasteiger partial charge in [-0.3, -0.25) is 0 Å². The molecule has 0 amide bonds. The van der Waals surface area contributed by atoms with Crippen molar-refractivity contribution < 1.29 is 22.7 Å². The molecule has 1 aromatic heterocycles. The van der Waals surface area contributed by atoms with Gasteiger partial charge in [0.1, 0.15) is 17.4 Å². The minimum atomic E-state index is -3.52. The molecule has 2 fully saturated rings. The fourth-order valence-corrected chi connectivity index (χ4v) is 6.64. The molecule has 0 saturated carbocycles. The first kappa shape index (κ1) is 22.1. The van der Waals surface area contributed by atoms with Gasteiger partial charge >= 0.3 is 5.97 Å². The lowest BCUT2D eigenvalue weighted by Crippen LogP contribution is -2.53. The highest BCUT2D eigenvalue weighted by atomic mass is 32.2. The summed E-state index contributed by atoms with van der Waals surface area (Å²) in [5, 5.41) is 0.870. The summed E-state index contributed by atoms with van der Waals surface area (Å²) in [7, 11) is -1.89. The topological polar surface area (TPSA) is 89.0 Å². The Bertz CT molecular complexity index is 1260. The number of ether oxygens (including phenoxy) is 2. The molecule has 0 atom stereocenters. The predicted molar refractivity (Wildman–Crippen MR) is 127 cm³/mol. The number of fused-ring (bicyclic) bond motifs is 1. The summed E-state index contributed by atoms with van der Waals surface area (Å²) in [6, 6.07) is 11.9. The zero-order chi connectivity index (χ0) is 23.0. The highest BCUT2D eigenvalue weighted by molar-refractivity contribution is 7.89. The molecule has 3 aromatic rings. The molecule has 0 N–H and O–H groups in total. The third-order valence-electron chi connectivity index (χ3n) is 6.03. The molecule has 0 radical (unpaired) electrons. The summed E-state index contributed by atoms with van der Waals surface area (Å²) >= 11 is 1.58. The smallest absolute Gasteiger partial charge is 0.338 e. The van der Waals surface area contributed by atoms with Crippen LogP contribution in [0.15, 0.2) is 47.4 Å². The molecule has 33 heavy (non-hydrogen) atoms. The molecule has 2 saturated heterocycles. The van der Waals surface area contributed by atoms with E-state index in [0.717, 1.165) is 40.4 Å². The van der Waals surface area contributed by atoms with Crippen LogP contribution in [-0.2, 0) is 14.8 Å². The zero-order valence-corrected chi connectivity index (χ0v) is 19.9. The number of anilines is 1. The van der Waals surface area contributed by atoms with Crippen LogP contribution in [0.4, 0.5) is 5.13 Å². The number of carbonyl (C=O) groups excluding carboxylic acids is 1. The Labute approximate surface area is 196 Å². The van der Waals surface area contributed by atoms with Gasteiger partial charge in [0.2, 0.25) is 10.0 Å². The summed E-state index contributed by atoms with van der Waals surface area (Å²) in [4.78, 5) is 19.5. The molecule has 0 bridgehead atoms. The Kier molecular flexibility index (Phi) is 5.98. The van der Waals surface area contributed by atoms with Crippen molar-refractivity contribution in [2.45, 2.75) is 30.3 Å². The Morgan fingerprint density at radius 2 is 1.79 bits per heavy atom. The lowest BCUT2D eigenvalue weighted by Gasteiger charge is -2.38. The Balaban J connectivity index is 1.19. The molecule has 3 heterocycles. The number of esters is 1. The van der Waals surface area contributed by atoms with Crippen LogP contribution in [0.2, 0.25) is 0 Å². The number of aromatic nitrogens is 1. The minimum Gasteiger partial charge on any atom is -0.494 e. The molecule has 2 aliphatic heterocycles. The van der Waals surface area contributed by atoms with Crippen LogP contribution >= 0.6 is 11.3 Å². The average Bonchev–Trinajstić information content (AvgIpc) is 3.25. The molecule has 2 aromatic carbocycles. The first-order valence-electron chi connectivity index (χ1n) is 11.0. The van der Waals surface area contributed by atoms with Crippen molar-refractivity contribution in [1.82, 2.24) is 9.29 Å². The summed E-state index contributed by atoms with van der Waals surface area (Å²) in [5.41, 5.74) is 1.18. The first-order chi connectivity index (χ1) is 16.0. The Morgan fingerprint density at radius 1 is 1.06 bits per heavy atom. The number of benzene rings is 2. The van der Waals surface area contributed by atoms with E-state index >= 15 is 0 Å². The maximum Gasteiger partial charge on any atom is 0.338 e. The number of hydrogen-bond donors (Lipinski definition) is 0. The zero-order valence-electron chi connectivity index (χ0n) is 18.3. The van der Waals surface area contributed by atoms with E-state index in [1.54, 1.807) is 18.4 Å². The van der Waals surface area contributed by atoms with Crippen LogP contribution < -0.4 is 9.64 Å². The van der Waals surface area contributed by atoms with E-state index in [-0.39, 0.29) is 11.0 Å². The number of methoxy groups -OCH3 is 1. The van der Waals surface area contributed by atoms with Gasteiger partial charge < -0.3 is 14.4 Å². The molecular weight excluding hydrogens is 462 g/mol. The van der Waals surface area contributed by atoms with Crippen molar-refractivity contribution >= 4 is 42.7 Å². The van der Waals surface area contributed by atoms with Crippen molar-refractivity contribution in [2.24, 2.45) is 0 Å². The van der Waals surface area contributed by atoms with Crippen molar-refractivity contribution in [2.75, 3.05) is 38.2 Å². The number of sulfonamides is 1. The molecule has 10 heteroatoms. The number of thiazole rings is 1. The van der Waals surface area contributed by atoms with Crippen molar-refractivity contribution in [3.8, 4) is 5.75 Å². The lowest BCUT2D eigenvalue weighted by molar-refractivity contribution is 0.0234. The van der Waals surface area contributed by atoms with Crippen molar-refractivity contribution in [3.05, 3.63) is 48.0 Å². The Morgan fingerprint density at radius 3 is 2.48 bits per heavy atom. The van der Waals surface area contributed by atoms with E-state index in [2.05, 4.69) is 9.88 Å². The van der Waals surface area contributed by atoms with Crippen LogP contribution in [0.25, 0.3) is 10.2 Å². The third-order valence-corrected chi connectivity index (χ3v) is 9.02. The van der Waals surface area contributed by atoms with Gasteiger partial charge in [0.05, 0.1) is 35.4 Å². The van der Waals surface area contributed by atoms with Gasteiger partial charge in [-0.1, -0.05) is 23.8 Å². The monoisotopic (exact) mass is 487 g/mol. The highest BCUT2D eigenvalue weighted by Gasteiger charge is 2.33. The molecular formula is C23H25N3O5S2. The fraction of sp³-hybridized carbons (Fsp3) is 0.391. The van der Waals surface area contributed by atoms with E-state index in [0.29, 0.717) is 31.7 Å². The van der Waals surface area contributed by atoms with Gasteiger partial charge in [0.25, 0.3) is 0 Å². The second kappa shape index (κ2) is 8.92. The van der Waals surface area contributed by atoms with Crippen molar-refractivity contribution in [1.29, 1.82) is 0 Å². The first-order valence-corrected chi connectivity index (χ1v) is 13.2. The van der Waals surface area contributed by atoms with Crippen LogP contribution in [0.5, 0.6) is 5.75 Å². The van der Waals surface area contributed by atoms with E-state index in [1.165, 1.54) is 28.6 Å². The Hall–Kier alpha value is -2.69. The van der Waals surface area contributed by atoms with Gasteiger partial charge in [0, 0.05) is 13.1 Å². The van der Waals surface area contributed by atoms with E-state index in [4.69, 9.17) is 9.47 Å². The SMILES string of the molecule is COc1cccc2sc(N3CC(OC(=O)c4ccc(S(=O)(=O)N5CCCCC5)cc4)C3)nc12. The van der Waals surface area contributed by atoms with Crippen molar-refractivity contribution in [3.63, 3.8) is 0 Å². The standard InChI is InChI=1S/C23H25N3O5S2/c1-30-19-6-5-7-20-21(19)24-23(32-20)25-14-17(15-25)31-22(27)16-8-10-18(11-9-16)33(28,29)26-12-3-2-4-13-26/h5-11,17H,2-4,12-15H2,1H3. The van der Waals surface area contributed by atoms with Gasteiger partial charge in [-0.05, 0) is 49.2 Å². The van der Waals surface area contributed by atoms with E-state index in [1.807, 2.05) is 18.2 Å². The molecule has 0 unspecified atom stereocenters. The fourth-order valence-electron chi connectivity index (χ4n) is 4.12. The summed E-state index contributed by atoms with van der Waals surface area (Å²) in [6.45, 7) is 2.22. The van der Waals surface area contributed by atoms with Gasteiger partial charge in [-0.15, -0.1) is 0 Å². The lowest BCUT2D eigenvalue weighted by atomic mass is 10.2. The van der Waals surface area contributed by atoms with Crippen LogP contribution in [-0.4, -0.2) is 63.1 Å². The second-order valence-electron chi connectivity index (χ2n) is 8.22. The number of hydrogen-bond acceptors (Lipinski definition) is 8. The maximum atomic E-state index is 12.8. The summed E-state index contributed by atoms with van der Waals surface area (Å²) < 4.78 is 39.1. The molecule has 2 aliphatic rings. The quantitative estimate of drug-likeness (QED) is 0.492. The van der Waals surface area contributed by atoms with Crippen LogP contribution in [0.3, 0.4) is 0 Å². The van der Waals surface area contributed by atoms with E-state index < -0.39 is 16.0 Å².